The number of benzene rings is 2. The molecule has 0 spiro atoms. The number of carbonyl (C=O) groups is 2. The van der Waals surface area contributed by atoms with Gasteiger partial charge in [0.15, 0.2) is 28.8 Å². The summed E-state index contributed by atoms with van der Waals surface area (Å²) in [6.45, 7) is 1.51. The van der Waals surface area contributed by atoms with Crippen molar-refractivity contribution < 1.29 is 33.6 Å². The first-order chi connectivity index (χ1) is 12.9. The van der Waals surface area contributed by atoms with Gasteiger partial charge in [0.1, 0.15) is 0 Å². The second-order valence-electron chi connectivity index (χ2n) is 5.75. The standard InChI is InChI=1S/C20H22O7/c1-11(20(22)23)13-9-17(26-4)18(27-5)10-14(13)19(21)12-6-7-15(24-2)16(8-12)25-3/h6-11H,1-5H3,(H,22,23). The van der Waals surface area contributed by atoms with Crippen molar-refractivity contribution in [1.29, 1.82) is 0 Å². The molecule has 27 heavy (non-hydrogen) atoms. The van der Waals surface area contributed by atoms with Gasteiger partial charge in [-0.25, -0.2) is 0 Å². The number of hydrogen-bond acceptors (Lipinski definition) is 6. The summed E-state index contributed by atoms with van der Waals surface area (Å²) in [6, 6.07) is 7.77. The molecule has 0 aliphatic heterocycles. The van der Waals surface area contributed by atoms with Crippen molar-refractivity contribution in [2.45, 2.75) is 12.8 Å². The summed E-state index contributed by atoms with van der Waals surface area (Å²) in [5.41, 5.74) is 0.883. The molecule has 7 heteroatoms. The molecule has 1 atom stereocenters. The predicted octanol–water partition coefficient (Wildman–Crippen LogP) is 3.14. The van der Waals surface area contributed by atoms with E-state index in [2.05, 4.69) is 0 Å². The fourth-order valence-corrected chi connectivity index (χ4v) is 2.72. The van der Waals surface area contributed by atoms with Gasteiger partial charge in [0, 0.05) is 11.1 Å². The van der Waals surface area contributed by atoms with E-state index >= 15 is 0 Å². The Kier molecular flexibility index (Phi) is 6.28. The molecule has 0 aliphatic carbocycles. The molecular formula is C20H22O7. The number of hydrogen-bond donors (Lipinski definition) is 1. The molecule has 0 saturated carbocycles. The minimum Gasteiger partial charge on any atom is -0.493 e. The average Bonchev–Trinajstić information content (AvgIpc) is 2.70. The van der Waals surface area contributed by atoms with Gasteiger partial charge in [-0.15, -0.1) is 0 Å². The van der Waals surface area contributed by atoms with Gasteiger partial charge in [-0.1, -0.05) is 0 Å². The van der Waals surface area contributed by atoms with Crippen LogP contribution in [0.5, 0.6) is 23.0 Å². The number of carboxylic acid groups (broad SMARTS) is 1. The minimum absolute atomic E-state index is 0.217. The van der Waals surface area contributed by atoms with Crippen molar-refractivity contribution in [2.24, 2.45) is 0 Å². The first-order valence-electron chi connectivity index (χ1n) is 8.13. The second kappa shape index (κ2) is 8.44. The smallest absolute Gasteiger partial charge is 0.310 e. The molecule has 0 heterocycles. The zero-order valence-electron chi connectivity index (χ0n) is 15.9. The number of ketones is 1. The molecule has 0 fully saturated rings. The van der Waals surface area contributed by atoms with Crippen LogP contribution in [0.3, 0.4) is 0 Å². The van der Waals surface area contributed by atoms with Gasteiger partial charge in [0.2, 0.25) is 0 Å². The summed E-state index contributed by atoms with van der Waals surface area (Å²) >= 11 is 0. The van der Waals surface area contributed by atoms with Crippen LogP contribution >= 0.6 is 0 Å². The van der Waals surface area contributed by atoms with Crippen LogP contribution in [-0.4, -0.2) is 45.3 Å². The maximum Gasteiger partial charge on any atom is 0.310 e. The van der Waals surface area contributed by atoms with Crippen LogP contribution in [0, 0.1) is 0 Å². The number of ether oxygens (including phenoxy) is 4. The van der Waals surface area contributed by atoms with Gasteiger partial charge >= 0.3 is 5.97 Å². The SMILES string of the molecule is COc1ccc(C(=O)c2cc(OC)c(OC)cc2C(C)C(=O)O)cc1OC. The molecule has 0 bridgehead atoms. The van der Waals surface area contributed by atoms with Gasteiger partial charge < -0.3 is 24.1 Å². The fraction of sp³-hybridized carbons (Fsp3) is 0.300. The lowest BCUT2D eigenvalue weighted by Crippen LogP contribution is -2.14. The van der Waals surface area contributed by atoms with Crippen molar-refractivity contribution in [2.75, 3.05) is 28.4 Å². The van der Waals surface area contributed by atoms with Crippen LogP contribution < -0.4 is 18.9 Å². The average molecular weight is 374 g/mol. The summed E-state index contributed by atoms with van der Waals surface area (Å²) < 4.78 is 20.9. The lowest BCUT2D eigenvalue weighted by molar-refractivity contribution is -0.138. The molecular weight excluding hydrogens is 352 g/mol. The highest BCUT2D eigenvalue weighted by Gasteiger charge is 2.25. The maximum absolute atomic E-state index is 13.1. The van der Waals surface area contributed by atoms with E-state index < -0.39 is 11.9 Å². The Balaban J connectivity index is 2.64. The number of aliphatic carboxylic acids is 1. The van der Waals surface area contributed by atoms with Gasteiger partial charge in [-0.3, -0.25) is 9.59 Å². The summed E-state index contributed by atoms with van der Waals surface area (Å²) in [5, 5.41) is 9.43. The third-order valence-corrected chi connectivity index (χ3v) is 4.28. The van der Waals surface area contributed by atoms with Crippen LogP contribution in [0.2, 0.25) is 0 Å². The molecule has 0 aliphatic rings. The summed E-state index contributed by atoms with van der Waals surface area (Å²) in [4.78, 5) is 24.7. The van der Waals surface area contributed by atoms with Gasteiger partial charge in [0.05, 0.1) is 34.4 Å². The van der Waals surface area contributed by atoms with E-state index in [0.717, 1.165) is 0 Å². The van der Waals surface area contributed by atoms with Crippen LogP contribution in [0.1, 0.15) is 34.3 Å². The zero-order valence-corrected chi connectivity index (χ0v) is 15.9. The van der Waals surface area contributed by atoms with Crippen molar-refractivity contribution in [1.82, 2.24) is 0 Å². The quantitative estimate of drug-likeness (QED) is 0.710. The number of carboxylic acids is 1. The lowest BCUT2D eigenvalue weighted by Gasteiger charge is -2.17. The molecule has 7 nitrogen and oxygen atoms in total. The third-order valence-electron chi connectivity index (χ3n) is 4.28. The van der Waals surface area contributed by atoms with E-state index in [1.165, 1.54) is 47.5 Å². The Morgan fingerprint density at radius 3 is 1.85 bits per heavy atom. The van der Waals surface area contributed by atoms with Crippen molar-refractivity contribution in [3.8, 4) is 23.0 Å². The van der Waals surface area contributed by atoms with E-state index in [9.17, 15) is 14.7 Å². The molecule has 1 N–H and O–H groups in total. The van der Waals surface area contributed by atoms with E-state index in [0.29, 0.717) is 34.1 Å². The molecule has 0 amide bonds. The summed E-state index contributed by atoms with van der Waals surface area (Å²) in [6.07, 6.45) is 0. The predicted molar refractivity (Wildman–Crippen MR) is 98.6 cm³/mol. The second-order valence-corrected chi connectivity index (χ2v) is 5.75. The van der Waals surface area contributed by atoms with Crippen molar-refractivity contribution >= 4 is 11.8 Å². The Hall–Kier alpha value is -3.22. The topological polar surface area (TPSA) is 91.3 Å². The molecule has 0 radical (unpaired) electrons. The van der Waals surface area contributed by atoms with E-state index in [4.69, 9.17) is 18.9 Å². The summed E-state index contributed by atoms with van der Waals surface area (Å²) in [7, 11) is 5.87. The largest absolute Gasteiger partial charge is 0.493 e. The van der Waals surface area contributed by atoms with E-state index in [1.54, 1.807) is 18.2 Å². The number of carbonyl (C=O) groups excluding carboxylic acids is 1. The molecule has 1 unspecified atom stereocenters. The Morgan fingerprint density at radius 1 is 0.815 bits per heavy atom. The Morgan fingerprint density at radius 2 is 1.33 bits per heavy atom. The highest BCUT2D eigenvalue weighted by atomic mass is 16.5. The van der Waals surface area contributed by atoms with Gasteiger partial charge in [-0.05, 0) is 42.8 Å². The normalized spacial score (nSPS) is 11.4. The van der Waals surface area contributed by atoms with Crippen molar-refractivity contribution in [3.63, 3.8) is 0 Å². The highest BCUT2D eigenvalue weighted by Crippen LogP contribution is 2.36. The lowest BCUT2D eigenvalue weighted by atomic mass is 9.90. The van der Waals surface area contributed by atoms with E-state index in [1.807, 2.05) is 0 Å². The Bertz CT molecular complexity index is 858. The fourth-order valence-electron chi connectivity index (χ4n) is 2.72. The molecule has 2 rings (SSSR count). The molecule has 0 aromatic heterocycles. The Labute approximate surface area is 157 Å². The third kappa shape index (κ3) is 3.97. The van der Waals surface area contributed by atoms with Crippen LogP contribution in [-0.2, 0) is 4.79 Å². The van der Waals surface area contributed by atoms with Crippen LogP contribution in [0.25, 0.3) is 0 Å². The van der Waals surface area contributed by atoms with Crippen molar-refractivity contribution in [3.05, 3.63) is 47.0 Å². The maximum atomic E-state index is 13.1. The summed E-state index contributed by atoms with van der Waals surface area (Å²) in [5.74, 6) is -0.753. The molecule has 0 saturated heterocycles. The monoisotopic (exact) mass is 374 g/mol. The minimum atomic E-state index is -1.05. The first-order valence-corrected chi connectivity index (χ1v) is 8.13. The number of methoxy groups -OCH3 is 4. The molecule has 2 aromatic rings. The van der Waals surface area contributed by atoms with Gasteiger partial charge in [0.25, 0.3) is 0 Å². The molecule has 144 valence electrons. The van der Waals surface area contributed by atoms with Gasteiger partial charge in [-0.2, -0.15) is 0 Å². The van der Waals surface area contributed by atoms with Crippen LogP contribution in [0.4, 0.5) is 0 Å². The molecule has 2 aromatic carbocycles. The number of rotatable bonds is 8. The highest BCUT2D eigenvalue weighted by molar-refractivity contribution is 6.11. The van der Waals surface area contributed by atoms with E-state index in [-0.39, 0.29) is 11.3 Å². The first kappa shape index (κ1) is 20.1. The zero-order chi connectivity index (χ0) is 20.1. The van der Waals surface area contributed by atoms with Crippen LogP contribution in [0.15, 0.2) is 30.3 Å².